The van der Waals surface area contributed by atoms with Gasteiger partial charge in [-0.2, -0.15) is 0 Å². The van der Waals surface area contributed by atoms with E-state index >= 15 is 0 Å². The summed E-state index contributed by atoms with van der Waals surface area (Å²) in [7, 11) is 0. The van der Waals surface area contributed by atoms with Crippen LogP contribution in [-0.2, 0) is 4.74 Å². The van der Waals surface area contributed by atoms with Crippen molar-refractivity contribution in [2.75, 3.05) is 13.2 Å². The number of nitrogens with two attached hydrogens (primary N) is 1. The monoisotopic (exact) mass is 155 g/mol. The van der Waals surface area contributed by atoms with Crippen LogP contribution in [0.3, 0.4) is 0 Å². The molecule has 2 N–H and O–H groups in total. The minimum atomic E-state index is 0.476. The maximum absolute atomic E-state index is 5.89. The van der Waals surface area contributed by atoms with E-state index in [1.54, 1.807) is 0 Å². The van der Waals surface area contributed by atoms with E-state index in [0.717, 1.165) is 19.1 Å². The second-order valence-corrected chi connectivity index (χ2v) is 4.20. The Bertz CT molecular complexity index is 154. The molecule has 0 bridgehead atoms. The molecule has 0 spiro atoms. The molecule has 0 aromatic rings. The zero-order valence-corrected chi connectivity index (χ0v) is 7.18. The van der Waals surface area contributed by atoms with Crippen molar-refractivity contribution in [1.29, 1.82) is 0 Å². The first-order valence-electron chi connectivity index (χ1n) is 4.57. The van der Waals surface area contributed by atoms with Crippen LogP contribution in [0, 0.1) is 11.3 Å². The highest BCUT2D eigenvalue weighted by molar-refractivity contribution is 5.06. The van der Waals surface area contributed by atoms with E-state index in [-0.39, 0.29) is 0 Å². The van der Waals surface area contributed by atoms with Gasteiger partial charge < -0.3 is 10.5 Å². The Morgan fingerprint density at radius 1 is 1.36 bits per heavy atom. The summed E-state index contributed by atoms with van der Waals surface area (Å²) in [6.07, 6.45) is 3.69. The lowest BCUT2D eigenvalue weighted by molar-refractivity contribution is 0.0433. The van der Waals surface area contributed by atoms with Gasteiger partial charge in [-0.1, -0.05) is 6.92 Å². The summed E-state index contributed by atoms with van der Waals surface area (Å²) in [5.74, 6) is 0.839. The molecule has 2 rings (SSSR count). The average Bonchev–Trinajstić information content (AvgIpc) is 2.64. The lowest BCUT2D eigenvalue weighted by Crippen LogP contribution is -2.27. The molecule has 2 aliphatic rings. The summed E-state index contributed by atoms with van der Waals surface area (Å²) in [6.45, 7) is 4.23. The van der Waals surface area contributed by atoms with Crippen molar-refractivity contribution in [3.63, 3.8) is 0 Å². The molecule has 0 unspecified atom stereocenters. The topological polar surface area (TPSA) is 35.2 Å². The van der Waals surface area contributed by atoms with Crippen molar-refractivity contribution in [2.45, 2.75) is 32.2 Å². The first-order chi connectivity index (χ1) is 5.23. The van der Waals surface area contributed by atoms with Gasteiger partial charge in [0.25, 0.3) is 0 Å². The molecule has 2 fully saturated rings. The Kier molecular flexibility index (Phi) is 1.69. The third-order valence-corrected chi connectivity index (χ3v) is 3.50. The van der Waals surface area contributed by atoms with Crippen molar-refractivity contribution in [1.82, 2.24) is 0 Å². The molecule has 2 nitrogen and oxygen atoms in total. The maximum Gasteiger partial charge on any atom is 0.0468 e. The third kappa shape index (κ3) is 1.18. The van der Waals surface area contributed by atoms with Crippen LogP contribution in [0.2, 0.25) is 0 Å². The Balaban J connectivity index is 1.94. The number of ether oxygens (including phenoxy) is 1. The normalized spacial score (nSPS) is 45.8. The van der Waals surface area contributed by atoms with E-state index in [4.69, 9.17) is 10.5 Å². The van der Waals surface area contributed by atoms with Crippen LogP contribution in [0.25, 0.3) is 0 Å². The van der Waals surface area contributed by atoms with Gasteiger partial charge in [0.2, 0.25) is 0 Å². The zero-order valence-electron chi connectivity index (χ0n) is 7.18. The van der Waals surface area contributed by atoms with E-state index in [2.05, 4.69) is 6.92 Å². The van der Waals surface area contributed by atoms with E-state index in [9.17, 15) is 0 Å². The second kappa shape index (κ2) is 2.46. The molecule has 1 saturated carbocycles. The van der Waals surface area contributed by atoms with Gasteiger partial charge in [0.05, 0.1) is 0 Å². The van der Waals surface area contributed by atoms with Crippen LogP contribution >= 0.6 is 0 Å². The minimum absolute atomic E-state index is 0.476. The van der Waals surface area contributed by atoms with Gasteiger partial charge in [-0.15, -0.1) is 0 Å². The zero-order chi connectivity index (χ0) is 7.90. The lowest BCUT2D eigenvalue weighted by Gasteiger charge is -2.28. The van der Waals surface area contributed by atoms with Crippen LogP contribution < -0.4 is 5.73 Å². The molecule has 64 valence electrons. The second-order valence-electron chi connectivity index (χ2n) is 4.20. The van der Waals surface area contributed by atoms with Gasteiger partial charge in [0, 0.05) is 19.3 Å². The fourth-order valence-corrected chi connectivity index (χ4v) is 2.24. The molecule has 0 amide bonds. The third-order valence-electron chi connectivity index (χ3n) is 3.50. The summed E-state index contributed by atoms with van der Waals surface area (Å²) >= 11 is 0. The highest BCUT2D eigenvalue weighted by Gasteiger charge is 2.52. The van der Waals surface area contributed by atoms with Crippen molar-refractivity contribution >= 4 is 0 Å². The molecule has 1 saturated heterocycles. The van der Waals surface area contributed by atoms with Gasteiger partial charge >= 0.3 is 0 Å². The molecule has 1 aliphatic carbocycles. The van der Waals surface area contributed by atoms with Gasteiger partial charge in [-0.05, 0) is 30.6 Å². The fourth-order valence-electron chi connectivity index (χ4n) is 2.24. The molecule has 0 aromatic heterocycles. The Morgan fingerprint density at radius 3 is 2.36 bits per heavy atom. The summed E-state index contributed by atoms with van der Waals surface area (Å²) < 4.78 is 5.32. The Labute approximate surface area is 68.1 Å². The fraction of sp³-hybridized carbons (Fsp3) is 1.00. The van der Waals surface area contributed by atoms with Gasteiger partial charge in [0.15, 0.2) is 0 Å². The molecule has 2 atom stereocenters. The standard InChI is InChI=1S/C9H17NO/c1-9(6-8(9)10)7-2-4-11-5-3-7/h7-8H,2-6,10H2,1H3/t8-,9+/m0/s1. The number of hydrogen-bond acceptors (Lipinski definition) is 2. The van der Waals surface area contributed by atoms with Gasteiger partial charge in [-0.3, -0.25) is 0 Å². The smallest absolute Gasteiger partial charge is 0.0468 e. The van der Waals surface area contributed by atoms with Crippen molar-refractivity contribution in [3.05, 3.63) is 0 Å². The summed E-state index contributed by atoms with van der Waals surface area (Å²) in [5, 5.41) is 0. The summed E-state index contributed by atoms with van der Waals surface area (Å²) in [4.78, 5) is 0. The van der Waals surface area contributed by atoms with Crippen LogP contribution in [-0.4, -0.2) is 19.3 Å². The molecule has 2 heteroatoms. The molecule has 1 heterocycles. The van der Waals surface area contributed by atoms with Crippen molar-refractivity contribution < 1.29 is 4.74 Å². The van der Waals surface area contributed by atoms with Gasteiger partial charge in [0.1, 0.15) is 0 Å². The molecule has 1 aliphatic heterocycles. The quantitative estimate of drug-likeness (QED) is 0.616. The molecule has 11 heavy (non-hydrogen) atoms. The highest BCUT2D eigenvalue weighted by Crippen LogP contribution is 2.53. The van der Waals surface area contributed by atoms with Crippen LogP contribution in [0.4, 0.5) is 0 Å². The number of rotatable bonds is 1. The van der Waals surface area contributed by atoms with E-state index < -0.39 is 0 Å². The lowest BCUT2D eigenvalue weighted by atomic mass is 9.84. The van der Waals surface area contributed by atoms with E-state index in [0.29, 0.717) is 11.5 Å². The van der Waals surface area contributed by atoms with Gasteiger partial charge in [-0.25, -0.2) is 0 Å². The Hall–Kier alpha value is -0.0800. The molecular weight excluding hydrogens is 138 g/mol. The summed E-state index contributed by atoms with van der Waals surface area (Å²) in [5.41, 5.74) is 6.37. The number of hydrogen-bond donors (Lipinski definition) is 1. The average molecular weight is 155 g/mol. The van der Waals surface area contributed by atoms with Crippen LogP contribution in [0.1, 0.15) is 26.2 Å². The summed E-state index contributed by atoms with van der Waals surface area (Å²) in [6, 6.07) is 0.477. The van der Waals surface area contributed by atoms with Crippen molar-refractivity contribution in [3.8, 4) is 0 Å². The highest BCUT2D eigenvalue weighted by atomic mass is 16.5. The molecular formula is C9H17NO. The van der Waals surface area contributed by atoms with Crippen molar-refractivity contribution in [2.24, 2.45) is 17.1 Å². The van der Waals surface area contributed by atoms with E-state index in [1.165, 1.54) is 19.3 Å². The molecule has 0 aromatic carbocycles. The Morgan fingerprint density at radius 2 is 1.91 bits per heavy atom. The first kappa shape index (κ1) is 7.56. The molecule has 0 radical (unpaired) electrons. The minimum Gasteiger partial charge on any atom is -0.381 e. The van der Waals surface area contributed by atoms with E-state index in [1.807, 2.05) is 0 Å². The predicted octanol–water partition coefficient (Wildman–Crippen LogP) is 1.15. The first-order valence-corrected chi connectivity index (χ1v) is 4.57. The van der Waals surface area contributed by atoms with Crippen LogP contribution in [0.15, 0.2) is 0 Å². The van der Waals surface area contributed by atoms with Crippen LogP contribution in [0.5, 0.6) is 0 Å². The maximum atomic E-state index is 5.89. The largest absolute Gasteiger partial charge is 0.381 e. The predicted molar refractivity (Wildman–Crippen MR) is 44.2 cm³/mol. The SMILES string of the molecule is C[C@]1(C2CCOCC2)C[C@@H]1N.